The van der Waals surface area contributed by atoms with E-state index in [1.807, 2.05) is 24.3 Å². The van der Waals surface area contributed by atoms with Gasteiger partial charge in [0, 0.05) is 23.0 Å². The lowest BCUT2D eigenvalue weighted by molar-refractivity contribution is 0.261. The maximum atomic E-state index is 5.98. The fraction of sp³-hybridized carbons (Fsp3) is 0.400. The van der Waals surface area contributed by atoms with Crippen molar-refractivity contribution in [1.82, 2.24) is 9.88 Å². The number of pyridine rings is 1. The molecule has 19 heavy (non-hydrogen) atoms. The van der Waals surface area contributed by atoms with E-state index in [0.29, 0.717) is 6.04 Å². The van der Waals surface area contributed by atoms with E-state index in [1.54, 1.807) is 0 Å². The molecule has 1 aromatic heterocycles. The molecule has 1 atom stereocenters. The summed E-state index contributed by atoms with van der Waals surface area (Å²) in [7, 11) is 2.17. The van der Waals surface area contributed by atoms with Gasteiger partial charge in [-0.1, -0.05) is 11.6 Å². The second-order valence-electron chi connectivity index (χ2n) is 5.28. The summed E-state index contributed by atoms with van der Waals surface area (Å²) in [5, 5.41) is 5.37. The summed E-state index contributed by atoms with van der Waals surface area (Å²) < 4.78 is 0. The molecule has 0 saturated carbocycles. The van der Waals surface area contributed by atoms with Crippen LogP contribution in [0.4, 0.5) is 5.82 Å². The molecule has 4 heteroatoms. The Morgan fingerprint density at radius 3 is 3.05 bits per heavy atom. The SMILES string of the molecule is CN1CCC[C@H](Nc2ccc3cc(Cl)ccc3n2)C1. The number of rotatable bonds is 2. The first-order valence-corrected chi connectivity index (χ1v) is 7.10. The van der Waals surface area contributed by atoms with Crippen LogP contribution < -0.4 is 5.32 Å². The molecule has 1 aromatic carbocycles. The summed E-state index contributed by atoms with van der Waals surface area (Å²) in [4.78, 5) is 7.01. The van der Waals surface area contributed by atoms with Crippen LogP contribution in [0.25, 0.3) is 10.9 Å². The Labute approximate surface area is 118 Å². The van der Waals surface area contributed by atoms with Crippen LogP contribution in [0.2, 0.25) is 5.02 Å². The van der Waals surface area contributed by atoms with Crippen molar-refractivity contribution in [2.24, 2.45) is 0 Å². The maximum absolute atomic E-state index is 5.98. The monoisotopic (exact) mass is 275 g/mol. The van der Waals surface area contributed by atoms with Crippen molar-refractivity contribution in [3.63, 3.8) is 0 Å². The van der Waals surface area contributed by atoms with E-state index < -0.39 is 0 Å². The van der Waals surface area contributed by atoms with Gasteiger partial charge < -0.3 is 10.2 Å². The average Bonchev–Trinajstić information content (AvgIpc) is 2.39. The number of anilines is 1. The zero-order chi connectivity index (χ0) is 13.2. The van der Waals surface area contributed by atoms with Crippen molar-refractivity contribution in [2.75, 3.05) is 25.5 Å². The quantitative estimate of drug-likeness (QED) is 0.911. The molecule has 1 N–H and O–H groups in total. The average molecular weight is 276 g/mol. The van der Waals surface area contributed by atoms with Crippen LogP contribution in [-0.2, 0) is 0 Å². The summed E-state index contributed by atoms with van der Waals surface area (Å²) in [5.74, 6) is 0.954. The molecule has 1 saturated heterocycles. The third-order valence-corrected chi connectivity index (χ3v) is 3.86. The van der Waals surface area contributed by atoms with E-state index in [4.69, 9.17) is 11.6 Å². The molecule has 2 heterocycles. The minimum Gasteiger partial charge on any atom is -0.366 e. The number of benzene rings is 1. The van der Waals surface area contributed by atoms with Crippen molar-refractivity contribution < 1.29 is 0 Å². The highest BCUT2D eigenvalue weighted by Crippen LogP contribution is 2.21. The highest BCUT2D eigenvalue weighted by atomic mass is 35.5. The molecule has 3 rings (SSSR count). The number of likely N-dealkylation sites (N-methyl/N-ethyl adjacent to an activating group) is 1. The highest BCUT2D eigenvalue weighted by molar-refractivity contribution is 6.31. The van der Waals surface area contributed by atoms with Crippen molar-refractivity contribution in [2.45, 2.75) is 18.9 Å². The first-order valence-electron chi connectivity index (χ1n) is 6.72. The lowest BCUT2D eigenvalue weighted by atomic mass is 10.1. The molecule has 100 valence electrons. The molecule has 1 aliphatic rings. The topological polar surface area (TPSA) is 28.2 Å². The van der Waals surface area contributed by atoms with Crippen molar-refractivity contribution >= 4 is 28.3 Å². The molecule has 0 aliphatic carbocycles. The lowest BCUT2D eigenvalue weighted by Gasteiger charge is -2.30. The molecule has 2 aromatic rings. The van der Waals surface area contributed by atoms with Gasteiger partial charge in [0.25, 0.3) is 0 Å². The number of aromatic nitrogens is 1. The van der Waals surface area contributed by atoms with Crippen molar-refractivity contribution in [1.29, 1.82) is 0 Å². The molecule has 3 nitrogen and oxygen atoms in total. The van der Waals surface area contributed by atoms with Gasteiger partial charge in [0.05, 0.1) is 5.52 Å². The Hall–Kier alpha value is -1.32. The predicted octanol–water partition coefficient (Wildman–Crippen LogP) is 3.39. The summed E-state index contributed by atoms with van der Waals surface area (Å²) >= 11 is 5.98. The Kier molecular flexibility index (Phi) is 3.58. The Morgan fingerprint density at radius 2 is 2.21 bits per heavy atom. The Balaban J connectivity index is 1.79. The molecule has 0 spiro atoms. The summed E-state index contributed by atoms with van der Waals surface area (Å²) in [6.07, 6.45) is 2.46. The van der Waals surface area contributed by atoms with Gasteiger partial charge in [-0.05, 0) is 56.8 Å². The van der Waals surface area contributed by atoms with Gasteiger partial charge in [-0.2, -0.15) is 0 Å². The van der Waals surface area contributed by atoms with Gasteiger partial charge in [-0.25, -0.2) is 4.98 Å². The third-order valence-electron chi connectivity index (χ3n) is 3.63. The molecule has 0 amide bonds. The van der Waals surface area contributed by atoms with Gasteiger partial charge >= 0.3 is 0 Å². The number of piperidine rings is 1. The number of fused-ring (bicyclic) bond motifs is 1. The lowest BCUT2D eigenvalue weighted by Crippen LogP contribution is -2.39. The first kappa shape index (κ1) is 12.7. The largest absolute Gasteiger partial charge is 0.366 e. The zero-order valence-corrected chi connectivity index (χ0v) is 11.8. The number of hydrogen-bond acceptors (Lipinski definition) is 3. The van der Waals surface area contributed by atoms with E-state index in [2.05, 4.69) is 28.3 Å². The van der Waals surface area contributed by atoms with Crippen LogP contribution in [0.1, 0.15) is 12.8 Å². The maximum Gasteiger partial charge on any atom is 0.126 e. The molecule has 0 bridgehead atoms. The van der Waals surface area contributed by atoms with Crippen LogP contribution in [0.5, 0.6) is 0 Å². The summed E-state index contributed by atoms with van der Waals surface area (Å²) in [5.41, 5.74) is 0.985. The van der Waals surface area contributed by atoms with E-state index in [-0.39, 0.29) is 0 Å². The summed E-state index contributed by atoms with van der Waals surface area (Å²) in [6.45, 7) is 2.28. The van der Waals surface area contributed by atoms with Gasteiger partial charge in [0.2, 0.25) is 0 Å². The van der Waals surface area contributed by atoms with Gasteiger partial charge in [0.1, 0.15) is 5.82 Å². The highest BCUT2D eigenvalue weighted by Gasteiger charge is 2.17. The van der Waals surface area contributed by atoms with E-state index >= 15 is 0 Å². The number of nitrogens with zero attached hydrogens (tertiary/aromatic N) is 2. The minimum absolute atomic E-state index is 0.496. The van der Waals surface area contributed by atoms with E-state index in [0.717, 1.165) is 28.3 Å². The van der Waals surface area contributed by atoms with Crippen LogP contribution in [0, 0.1) is 0 Å². The van der Waals surface area contributed by atoms with Gasteiger partial charge in [0.15, 0.2) is 0 Å². The molecule has 0 unspecified atom stereocenters. The minimum atomic E-state index is 0.496. The molecule has 0 radical (unpaired) electrons. The van der Waals surface area contributed by atoms with E-state index in [1.165, 1.54) is 19.4 Å². The van der Waals surface area contributed by atoms with E-state index in [9.17, 15) is 0 Å². The van der Waals surface area contributed by atoms with Crippen LogP contribution >= 0.6 is 11.6 Å². The van der Waals surface area contributed by atoms with Crippen molar-refractivity contribution in [3.05, 3.63) is 35.4 Å². The second kappa shape index (κ2) is 5.35. The Morgan fingerprint density at radius 1 is 1.32 bits per heavy atom. The van der Waals surface area contributed by atoms with Gasteiger partial charge in [-0.3, -0.25) is 0 Å². The number of halogens is 1. The summed E-state index contributed by atoms with van der Waals surface area (Å²) in [6, 6.07) is 10.4. The van der Waals surface area contributed by atoms with Crippen LogP contribution in [0.3, 0.4) is 0 Å². The number of hydrogen-bond donors (Lipinski definition) is 1. The molecule has 1 fully saturated rings. The van der Waals surface area contributed by atoms with Crippen LogP contribution in [-0.4, -0.2) is 36.1 Å². The number of likely N-dealkylation sites (tertiary alicyclic amines) is 1. The fourth-order valence-corrected chi connectivity index (χ4v) is 2.85. The Bertz CT molecular complexity index is 585. The van der Waals surface area contributed by atoms with Gasteiger partial charge in [-0.15, -0.1) is 0 Å². The van der Waals surface area contributed by atoms with Crippen molar-refractivity contribution in [3.8, 4) is 0 Å². The van der Waals surface area contributed by atoms with Crippen LogP contribution in [0.15, 0.2) is 30.3 Å². The zero-order valence-electron chi connectivity index (χ0n) is 11.1. The first-order chi connectivity index (χ1) is 9.20. The number of nitrogens with one attached hydrogen (secondary N) is 1. The fourth-order valence-electron chi connectivity index (χ4n) is 2.67. The molecule has 1 aliphatic heterocycles. The smallest absolute Gasteiger partial charge is 0.126 e. The second-order valence-corrected chi connectivity index (χ2v) is 5.72. The predicted molar refractivity (Wildman–Crippen MR) is 80.9 cm³/mol. The molecular weight excluding hydrogens is 258 g/mol. The standard InChI is InChI=1S/C15H18ClN3/c1-19-8-2-3-13(10-19)17-15-7-4-11-9-12(16)5-6-14(11)18-15/h4-7,9,13H,2-3,8,10H2,1H3,(H,17,18)/t13-/m0/s1. The third kappa shape index (κ3) is 2.99. The molecular formula is C15H18ClN3. The normalized spacial score (nSPS) is 20.6.